The van der Waals surface area contributed by atoms with Crippen LogP contribution in [0.1, 0.15) is 29.1 Å². The molecule has 0 N–H and O–H groups in total. The van der Waals surface area contributed by atoms with Crippen LogP contribution in [0, 0.1) is 0 Å². The third kappa shape index (κ3) is 3.04. The molecule has 2 aliphatic rings. The van der Waals surface area contributed by atoms with Crippen molar-refractivity contribution >= 4 is 52.1 Å². The number of amides is 5. The number of carbonyl (C=O) groups is 4. The van der Waals surface area contributed by atoms with Gasteiger partial charge in [0.1, 0.15) is 6.54 Å². The summed E-state index contributed by atoms with van der Waals surface area (Å²) in [5.41, 5.74) is 0.784. The van der Waals surface area contributed by atoms with Gasteiger partial charge >= 0.3 is 17.8 Å². The molecule has 1 saturated heterocycles. The van der Waals surface area contributed by atoms with Gasteiger partial charge in [0.15, 0.2) is 0 Å². The van der Waals surface area contributed by atoms with Gasteiger partial charge in [0, 0.05) is 17.8 Å². The Morgan fingerprint density at radius 2 is 1.82 bits per heavy atom. The van der Waals surface area contributed by atoms with E-state index >= 15 is 0 Å². The number of thiophene rings is 2. The predicted molar refractivity (Wildman–Crippen MR) is 104 cm³/mol. The van der Waals surface area contributed by atoms with Gasteiger partial charge in [-0.2, -0.15) is 5.10 Å². The summed E-state index contributed by atoms with van der Waals surface area (Å²) in [7, 11) is 0. The van der Waals surface area contributed by atoms with Crippen LogP contribution in [-0.2, 0) is 14.4 Å². The Hall–Kier alpha value is -2.85. The average Bonchev–Trinajstić information content (AvgIpc) is 3.46. The van der Waals surface area contributed by atoms with E-state index in [1.807, 2.05) is 35.0 Å². The number of nitrogens with zero attached hydrogens (tertiary/aromatic N) is 4. The standard InChI is InChI=1S/C18H16N4O4S2/c1-2-20-16(24)17(25)21(18(20)26)10-15(23)22-12(14-6-4-8-28-14)9-11(19-22)13-5-3-7-27-13/h3-8,12H,2,9-10H2,1H3. The monoisotopic (exact) mass is 416 g/mol. The van der Waals surface area contributed by atoms with Gasteiger partial charge in [-0.25, -0.2) is 14.7 Å². The van der Waals surface area contributed by atoms with Gasteiger partial charge in [-0.1, -0.05) is 12.1 Å². The minimum atomic E-state index is -0.977. The van der Waals surface area contributed by atoms with E-state index in [9.17, 15) is 19.2 Å². The first-order valence-corrected chi connectivity index (χ1v) is 10.4. The molecule has 2 aromatic rings. The first-order chi connectivity index (χ1) is 13.5. The van der Waals surface area contributed by atoms with E-state index in [-0.39, 0.29) is 12.6 Å². The molecule has 10 heteroatoms. The van der Waals surface area contributed by atoms with Gasteiger partial charge in [-0.15, -0.1) is 22.7 Å². The Kier molecular flexibility index (Phi) is 4.82. The minimum Gasteiger partial charge on any atom is -0.271 e. The predicted octanol–water partition coefficient (Wildman–Crippen LogP) is 2.30. The molecule has 2 aromatic heterocycles. The van der Waals surface area contributed by atoms with Crippen LogP contribution in [0.25, 0.3) is 0 Å². The van der Waals surface area contributed by atoms with Gasteiger partial charge in [0.05, 0.1) is 16.6 Å². The summed E-state index contributed by atoms with van der Waals surface area (Å²) in [6.07, 6.45) is 0.550. The largest absolute Gasteiger partial charge is 0.334 e. The molecule has 144 valence electrons. The summed E-state index contributed by atoms with van der Waals surface area (Å²) in [6, 6.07) is 6.62. The molecule has 28 heavy (non-hydrogen) atoms. The van der Waals surface area contributed by atoms with Crippen molar-refractivity contribution in [3.63, 3.8) is 0 Å². The van der Waals surface area contributed by atoms with Gasteiger partial charge in [0.25, 0.3) is 5.91 Å². The molecule has 0 aliphatic carbocycles. The average molecular weight is 416 g/mol. The highest BCUT2D eigenvalue weighted by molar-refractivity contribution is 7.12. The first-order valence-electron chi connectivity index (χ1n) is 8.65. The lowest BCUT2D eigenvalue weighted by atomic mass is 10.1. The second kappa shape index (κ2) is 7.28. The maximum atomic E-state index is 13.0. The Labute approximate surface area is 168 Å². The van der Waals surface area contributed by atoms with Crippen LogP contribution >= 0.6 is 22.7 Å². The van der Waals surface area contributed by atoms with E-state index in [1.54, 1.807) is 6.92 Å². The lowest BCUT2D eigenvalue weighted by Crippen LogP contribution is -2.41. The fourth-order valence-corrected chi connectivity index (χ4v) is 4.74. The molecule has 4 rings (SSSR count). The van der Waals surface area contributed by atoms with E-state index < -0.39 is 30.3 Å². The Morgan fingerprint density at radius 1 is 1.11 bits per heavy atom. The van der Waals surface area contributed by atoms with Crippen molar-refractivity contribution in [1.82, 2.24) is 14.8 Å². The molecule has 4 heterocycles. The molecule has 0 radical (unpaired) electrons. The zero-order valence-electron chi connectivity index (χ0n) is 14.9. The van der Waals surface area contributed by atoms with Crippen molar-refractivity contribution in [1.29, 1.82) is 0 Å². The van der Waals surface area contributed by atoms with Crippen LogP contribution in [0.3, 0.4) is 0 Å². The first kappa shape index (κ1) is 18.5. The van der Waals surface area contributed by atoms with E-state index in [4.69, 9.17) is 0 Å². The van der Waals surface area contributed by atoms with Crippen LogP contribution in [0.15, 0.2) is 40.1 Å². The molecule has 1 unspecified atom stereocenters. The fourth-order valence-electron chi connectivity index (χ4n) is 3.21. The highest BCUT2D eigenvalue weighted by atomic mass is 32.1. The van der Waals surface area contributed by atoms with Crippen LogP contribution < -0.4 is 0 Å². The number of hydrazone groups is 1. The molecule has 1 fully saturated rings. The van der Waals surface area contributed by atoms with Crippen molar-refractivity contribution in [2.45, 2.75) is 19.4 Å². The van der Waals surface area contributed by atoms with Crippen LogP contribution in [0.4, 0.5) is 4.79 Å². The van der Waals surface area contributed by atoms with Crippen molar-refractivity contribution in [3.05, 3.63) is 44.8 Å². The maximum Gasteiger partial charge on any atom is 0.334 e. The molecule has 0 spiro atoms. The van der Waals surface area contributed by atoms with Crippen LogP contribution in [0.2, 0.25) is 0 Å². The number of likely N-dealkylation sites (N-methyl/N-ethyl adjacent to an activating group) is 1. The fraction of sp³-hybridized carbons (Fsp3) is 0.278. The topological polar surface area (TPSA) is 90.4 Å². The molecule has 0 saturated carbocycles. The molecule has 0 bridgehead atoms. The Balaban J connectivity index is 1.59. The second-order valence-electron chi connectivity index (χ2n) is 6.22. The van der Waals surface area contributed by atoms with Gasteiger partial charge < -0.3 is 0 Å². The number of hydrogen-bond donors (Lipinski definition) is 0. The van der Waals surface area contributed by atoms with E-state index in [0.717, 1.165) is 20.4 Å². The normalized spacial score (nSPS) is 19.8. The zero-order chi connectivity index (χ0) is 19.8. The second-order valence-corrected chi connectivity index (χ2v) is 8.15. The van der Waals surface area contributed by atoms with E-state index in [1.165, 1.54) is 27.7 Å². The number of rotatable bonds is 5. The van der Waals surface area contributed by atoms with E-state index in [0.29, 0.717) is 11.3 Å². The molecule has 5 amide bonds. The summed E-state index contributed by atoms with van der Waals surface area (Å²) in [6.45, 7) is 1.17. The van der Waals surface area contributed by atoms with Gasteiger partial charge in [-0.3, -0.25) is 19.3 Å². The molecule has 8 nitrogen and oxygen atoms in total. The van der Waals surface area contributed by atoms with Gasteiger partial charge in [0.2, 0.25) is 0 Å². The third-order valence-corrected chi connectivity index (χ3v) is 6.48. The molecule has 0 aromatic carbocycles. The number of imide groups is 2. The lowest BCUT2D eigenvalue weighted by Gasteiger charge is -2.22. The van der Waals surface area contributed by atoms with Crippen molar-refractivity contribution in [3.8, 4) is 0 Å². The summed E-state index contributed by atoms with van der Waals surface area (Å²) in [5.74, 6) is -2.38. The summed E-state index contributed by atoms with van der Waals surface area (Å²) < 4.78 is 0. The van der Waals surface area contributed by atoms with Crippen LogP contribution in [0.5, 0.6) is 0 Å². The summed E-state index contributed by atoms with van der Waals surface area (Å²) in [4.78, 5) is 52.7. The third-order valence-electron chi connectivity index (χ3n) is 4.59. The lowest BCUT2D eigenvalue weighted by molar-refractivity contribution is -0.145. The van der Waals surface area contributed by atoms with Gasteiger partial charge in [-0.05, 0) is 29.8 Å². The highest BCUT2D eigenvalue weighted by Crippen LogP contribution is 2.36. The molecule has 1 atom stereocenters. The van der Waals surface area contributed by atoms with Crippen LogP contribution in [-0.4, -0.2) is 57.4 Å². The highest BCUT2D eigenvalue weighted by Gasteiger charge is 2.46. The maximum absolute atomic E-state index is 13.0. The quantitative estimate of drug-likeness (QED) is 0.552. The van der Waals surface area contributed by atoms with Crippen molar-refractivity contribution < 1.29 is 19.2 Å². The summed E-state index contributed by atoms with van der Waals surface area (Å²) in [5, 5.41) is 9.68. The number of carbonyl (C=O) groups excluding carboxylic acids is 4. The minimum absolute atomic E-state index is 0.0797. The Morgan fingerprint density at radius 3 is 2.43 bits per heavy atom. The SMILES string of the molecule is CCN1C(=O)C(=O)N(CC(=O)N2N=C(c3cccs3)CC2c2cccs2)C1=O. The molecule has 2 aliphatic heterocycles. The van der Waals surface area contributed by atoms with Crippen molar-refractivity contribution in [2.24, 2.45) is 5.10 Å². The zero-order valence-corrected chi connectivity index (χ0v) is 16.5. The number of urea groups is 1. The summed E-state index contributed by atoms with van der Waals surface area (Å²) >= 11 is 3.05. The Bertz CT molecular complexity index is 968. The van der Waals surface area contributed by atoms with E-state index in [2.05, 4.69) is 5.10 Å². The van der Waals surface area contributed by atoms with Crippen molar-refractivity contribution in [2.75, 3.05) is 13.1 Å². The number of hydrogen-bond acceptors (Lipinski definition) is 7. The smallest absolute Gasteiger partial charge is 0.271 e. The molecular weight excluding hydrogens is 400 g/mol. The molecular formula is C18H16N4O4S2.